The van der Waals surface area contributed by atoms with E-state index >= 15 is 0 Å². The van der Waals surface area contributed by atoms with E-state index in [0.717, 1.165) is 29.3 Å². The van der Waals surface area contributed by atoms with Crippen molar-refractivity contribution >= 4 is 68.2 Å². The molecule has 38 heavy (non-hydrogen) atoms. The van der Waals surface area contributed by atoms with Crippen LogP contribution in [0.25, 0.3) is 0 Å². The van der Waals surface area contributed by atoms with Crippen LogP contribution in [0, 0.1) is 0 Å². The van der Waals surface area contributed by atoms with Gasteiger partial charge in [0.25, 0.3) is 11.8 Å². The maximum atomic E-state index is 13.1. The number of carboxylic acid groups (broad SMARTS) is 1. The van der Waals surface area contributed by atoms with E-state index in [1.165, 1.54) is 47.2 Å². The van der Waals surface area contributed by atoms with Crippen LogP contribution >= 0.6 is 34.4 Å². The normalized spacial score (nSPS) is 21.0. The number of carbonyl (C=O) groups excluding carboxylic acids is 2. The van der Waals surface area contributed by atoms with Crippen LogP contribution in [0.5, 0.6) is 0 Å². The Labute approximate surface area is 231 Å². The number of carboxylic acids is 1. The highest BCUT2D eigenvalue weighted by Gasteiger charge is 2.54. The van der Waals surface area contributed by atoms with Crippen molar-refractivity contribution in [1.82, 2.24) is 15.2 Å². The van der Waals surface area contributed by atoms with Crippen molar-refractivity contribution in [1.29, 1.82) is 0 Å². The van der Waals surface area contributed by atoms with Gasteiger partial charge in [-0.1, -0.05) is 16.5 Å². The molecule has 2 aromatic rings. The number of nitrogens with two attached hydrogens (primary N) is 1. The highest BCUT2D eigenvalue weighted by molar-refractivity contribution is 8.00. The Morgan fingerprint density at radius 2 is 2.16 bits per heavy atom. The molecule has 2 amide bonds. The summed E-state index contributed by atoms with van der Waals surface area (Å²) < 4.78 is 2.20. The second kappa shape index (κ2) is 10.5. The van der Waals surface area contributed by atoms with Crippen molar-refractivity contribution in [2.75, 3.05) is 37.1 Å². The minimum Gasteiger partial charge on any atom is -0.477 e. The molecule has 0 saturated carbocycles. The molecule has 1 aliphatic carbocycles. The topological polar surface area (TPSA) is 154 Å². The molecule has 4 heterocycles. The lowest BCUT2D eigenvalue weighted by molar-refractivity contribution is -0.662. The lowest BCUT2D eigenvalue weighted by atomic mass is 10.0. The molecule has 0 radical (unpaired) electrons. The maximum Gasteiger partial charge on any atom is 0.352 e. The summed E-state index contributed by atoms with van der Waals surface area (Å²) in [7, 11) is 5.30. The molecule has 1 fully saturated rings. The summed E-state index contributed by atoms with van der Waals surface area (Å²) in [5.41, 5.74) is 7.78. The number of β-lactam (4-membered cyclic amide) rings is 1. The minimum absolute atomic E-state index is 0.0156. The zero-order valence-electron chi connectivity index (χ0n) is 21.1. The molecule has 202 valence electrons. The number of likely N-dealkylation sites (N-methyl/N-ethyl adjacent to an activating group) is 1. The number of nitrogen functional groups attached to an aromatic ring is 1. The maximum absolute atomic E-state index is 13.1. The van der Waals surface area contributed by atoms with E-state index in [-0.39, 0.29) is 22.2 Å². The van der Waals surface area contributed by atoms with Crippen LogP contribution in [0.3, 0.4) is 0 Å². The second-order valence-electron chi connectivity index (χ2n) is 9.19. The van der Waals surface area contributed by atoms with Gasteiger partial charge < -0.3 is 21.0 Å². The number of thiazole rings is 2. The van der Waals surface area contributed by atoms with Gasteiger partial charge in [-0.05, 0) is 19.3 Å². The van der Waals surface area contributed by atoms with Gasteiger partial charge in [0.15, 0.2) is 10.8 Å². The van der Waals surface area contributed by atoms with Gasteiger partial charge in [-0.2, -0.15) is 0 Å². The standard InChI is InChI=1S/C23H27N7O5S3/c1-28(23-29(2)13-6-4-5-7-14(13)38-23)8-11-9-36-20-16(19(32)30(20)17(11)21(33)34)26-18(31)15(27-35-3)12-10-37-22(24)25-12/h10,16,20H,4-9H2,1-3H3,(H3-,24,25,26,31,33,34)/p+1/b27-15+/t16-,20-/m1/s1. The number of aliphatic carboxylic acids is 1. The zero-order chi connectivity index (χ0) is 27.1. The number of fused-ring (bicyclic) bond motifs is 2. The van der Waals surface area contributed by atoms with Gasteiger partial charge in [-0.15, -0.1) is 23.1 Å². The number of oxime groups is 1. The Morgan fingerprint density at radius 1 is 1.39 bits per heavy atom. The van der Waals surface area contributed by atoms with E-state index in [1.807, 2.05) is 7.05 Å². The van der Waals surface area contributed by atoms with Crippen LogP contribution in [-0.4, -0.2) is 76.4 Å². The molecule has 3 aliphatic rings. The number of aromatic nitrogens is 2. The van der Waals surface area contributed by atoms with Gasteiger partial charge in [-0.3, -0.25) is 19.4 Å². The Balaban J connectivity index is 1.33. The number of hydrogen-bond acceptors (Lipinski definition) is 11. The first-order valence-electron chi connectivity index (χ1n) is 12.0. The highest BCUT2D eigenvalue weighted by atomic mass is 32.2. The van der Waals surface area contributed by atoms with Crippen molar-refractivity contribution in [3.63, 3.8) is 0 Å². The van der Waals surface area contributed by atoms with Gasteiger partial charge >= 0.3 is 11.1 Å². The van der Waals surface area contributed by atoms with E-state index in [4.69, 9.17) is 10.6 Å². The predicted molar refractivity (Wildman–Crippen MR) is 145 cm³/mol. The number of rotatable bonds is 8. The molecular weight excluding hydrogens is 550 g/mol. The molecule has 1 saturated heterocycles. The molecule has 2 atom stereocenters. The number of anilines is 2. The number of nitrogens with zero attached hydrogens (tertiary/aromatic N) is 5. The summed E-state index contributed by atoms with van der Waals surface area (Å²) in [6, 6.07) is -0.902. The number of carbonyl (C=O) groups is 3. The molecule has 2 aliphatic heterocycles. The predicted octanol–water partition coefficient (Wildman–Crippen LogP) is 0.716. The summed E-state index contributed by atoms with van der Waals surface area (Å²) in [5.74, 6) is -1.88. The molecule has 4 N–H and O–H groups in total. The largest absolute Gasteiger partial charge is 0.477 e. The van der Waals surface area contributed by atoms with Crippen LogP contribution in [-0.2, 0) is 39.1 Å². The fourth-order valence-electron chi connectivity index (χ4n) is 5.02. The Bertz CT molecular complexity index is 1370. The first-order chi connectivity index (χ1) is 18.2. The summed E-state index contributed by atoms with van der Waals surface area (Å²) in [5, 5.41) is 18.8. The van der Waals surface area contributed by atoms with Crippen molar-refractivity contribution in [3.8, 4) is 0 Å². The van der Waals surface area contributed by atoms with Gasteiger partial charge in [0.05, 0.1) is 19.0 Å². The van der Waals surface area contributed by atoms with Gasteiger partial charge in [0.1, 0.15) is 42.2 Å². The van der Waals surface area contributed by atoms with E-state index < -0.39 is 29.2 Å². The van der Waals surface area contributed by atoms with Crippen molar-refractivity contribution in [2.24, 2.45) is 12.2 Å². The zero-order valence-corrected chi connectivity index (χ0v) is 23.5. The average Bonchev–Trinajstić information content (AvgIpc) is 3.48. The molecule has 2 aromatic heterocycles. The van der Waals surface area contributed by atoms with E-state index in [0.29, 0.717) is 17.9 Å². The third-order valence-corrected chi connectivity index (χ3v) is 10.2. The van der Waals surface area contributed by atoms with Crippen molar-refractivity contribution in [2.45, 2.75) is 37.1 Å². The van der Waals surface area contributed by atoms with Crippen LogP contribution in [0.4, 0.5) is 10.3 Å². The third kappa shape index (κ3) is 4.62. The van der Waals surface area contributed by atoms with Gasteiger partial charge in [-0.25, -0.2) is 14.3 Å². The Hall–Kier alpha value is -3.17. The fourth-order valence-corrected chi connectivity index (χ4v) is 8.19. The Kier molecular flexibility index (Phi) is 7.33. The summed E-state index contributed by atoms with van der Waals surface area (Å²) >= 11 is 4.32. The number of nitrogens with one attached hydrogen (secondary N) is 1. The van der Waals surface area contributed by atoms with E-state index in [9.17, 15) is 19.5 Å². The molecule has 0 bridgehead atoms. The molecule has 12 nitrogen and oxygen atoms in total. The summed E-state index contributed by atoms with van der Waals surface area (Å²) in [6.45, 7) is 0.380. The molecule has 15 heteroatoms. The monoisotopic (exact) mass is 578 g/mol. The number of thioether (sulfide) groups is 1. The first-order valence-corrected chi connectivity index (χ1v) is 14.7. The molecule has 5 rings (SSSR count). The fraction of sp³-hybridized carbons (Fsp3) is 0.478. The summed E-state index contributed by atoms with van der Waals surface area (Å²) in [6.07, 6.45) is 4.50. The summed E-state index contributed by atoms with van der Waals surface area (Å²) in [4.78, 5) is 52.0. The molecule has 0 spiro atoms. The Morgan fingerprint density at radius 3 is 2.82 bits per heavy atom. The SMILES string of the molecule is CO/N=C(/C(=O)N[C@@H]1C(=O)N2C(C(=O)O)=C(CN(C)c3sc4c([n+]3C)CCCC4)CS[C@H]12)c1csc(N)n1. The van der Waals surface area contributed by atoms with E-state index in [2.05, 4.69) is 32.0 Å². The molecule has 0 unspecified atom stereocenters. The average molecular weight is 579 g/mol. The van der Waals surface area contributed by atoms with Crippen molar-refractivity contribution in [3.05, 3.63) is 32.9 Å². The van der Waals surface area contributed by atoms with Gasteiger partial charge in [0, 0.05) is 23.1 Å². The van der Waals surface area contributed by atoms with Crippen LogP contribution in [0.1, 0.15) is 29.1 Å². The number of hydrogen-bond donors (Lipinski definition) is 3. The molecular formula is C23H28N7O5S3+. The second-order valence-corrected chi connectivity index (χ2v) is 12.2. The lowest BCUT2D eigenvalue weighted by Gasteiger charge is -2.49. The van der Waals surface area contributed by atoms with Crippen LogP contribution in [0.15, 0.2) is 21.8 Å². The van der Waals surface area contributed by atoms with Crippen LogP contribution in [0.2, 0.25) is 0 Å². The number of amides is 2. The smallest absolute Gasteiger partial charge is 0.352 e. The number of aryl methyl sites for hydroxylation is 1. The highest BCUT2D eigenvalue weighted by Crippen LogP contribution is 2.41. The minimum atomic E-state index is -1.16. The van der Waals surface area contributed by atoms with Crippen LogP contribution < -0.4 is 20.5 Å². The first kappa shape index (κ1) is 26.4. The lowest BCUT2D eigenvalue weighted by Crippen LogP contribution is -2.71. The quantitative estimate of drug-likeness (QED) is 0.178. The third-order valence-electron chi connectivity index (χ3n) is 6.75. The van der Waals surface area contributed by atoms with E-state index in [1.54, 1.807) is 16.7 Å². The van der Waals surface area contributed by atoms with Crippen molar-refractivity contribution < 1.29 is 28.9 Å². The molecule has 0 aromatic carbocycles. The van der Waals surface area contributed by atoms with Gasteiger partial charge in [0.2, 0.25) is 0 Å².